The van der Waals surface area contributed by atoms with Gasteiger partial charge in [-0.05, 0) is 30.5 Å². The van der Waals surface area contributed by atoms with E-state index in [4.69, 9.17) is 10.5 Å². The van der Waals surface area contributed by atoms with Crippen LogP contribution in [-0.4, -0.2) is 25.7 Å². The van der Waals surface area contributed by atoms with Crippen molar-refractivity contribution in [2.75, 3.05) is 36.1 Å². The zero-order chi connectivity index (χ0) is 14.4. The highest BCUT2D eigenvalue weighted by Crippen LogP contribution is 2.30. The molecular weight excluding hydrogens is 254 g/mol. The van der Waals surface area contributed by atoms with Gasteiger partial charge in [0.25, 0.3) is 0 Å². The summed E-state index contributed by atoms with van der Waals surface area (Å²) in [6.45, 7) is 4.37. The molecule has 1 aromatic rings. The molecule has 20 heavy (non-hydrogen) atoms. The van der Waals surface area contributed by atoms with E-state index in [1.54, 1.807) is 0 Å². The standard InChI is InChI=1S/C15H23N3O2/c1-2-3-7-20-8-6-17-14-9-11-4-5-15(19)18-13(11)10-12(14)16/h9-10,17H,2-8,16H2,1H3,(H,18,19). The maximum atomic E-state index is 11.3. The van der Waals surface area contributed by atoms with E-state index in [1.165, 1.54) is 0 Å². The number of unbranched alkanes of at least 4 members (excludes halogenated alkanes) is 1. The van der Waals surface area contributed by atoms with E-state index < -0.39 is 0 Å². The number of carbonyl (C=O) groups excluding carboxylic acids is 1. The van der Waals surface area contributed by atoms with Gasteiger partial charge in [-0.3, -0.25) is 4.79 Å². The maximum Gasteiger partial charge on any atom is 0.224 e. The molecule has 0 atom stereocenters. The highest BCUT2D eigenvalue weighted by atomic mass is 16.5. The van der Waals surface area contributed by atoms with Gasteiger partial charge in [-0.2, -0.15) is 0 Å². The molecule has 4 N–H and O–H groups in total. The average Bonchev–Trinajstić information content (AvgIpc) is 2.43. The molecule has 0 fully saturated rings. The Labute approximate surface area is 119 Å². The molecule has 2 rings (SSSR count). The van der Waals surface area contributed by atoms with Gasteiger partial charge in [-0.15, -0.1) is 0 Å². The van der Waals surface area contributed by atoms with Crippen molar-refractivity contribution < 1.29 is 9.53 Å². The first-order valence-corrected chi connectivity index (χ1v) is 7.24. The molecule has 0 unspecified atom stereocenters. The van der Waals surface area contributed by atoms with E-state index in [0.717, 1.165) is 49.4 Å². The molecule has 5 heteroatoms. The van der Waals surface area contributed by atoms with Crippen LogP contribution in [-0.2, 0) is 16.0 Å². The Morgan fingerprint density at radius 3 is 3.00 bits per heavy atom. The minimum atomic E-state index is 0.0573. The van der Waals surface area contributed by atoms with Gasteiger partial charge in [0.05, 0.1) is 18.0 Å². The molecule has 1 aliphatic heterocycles. The lowest BCUT2D eigenvalue weighted by molar-refractivity contribution is -0.116. The number of nitrogen functional groups attached to an aromatic ring is 1. The van der Waals surface area contributed by atoms with Crippen LogP contribution in [0.4, 0.5) is 17.1 Å². The molecule has 0 aromatic heterocycles. The third kappa shape index (κ3) is 3.87. The van der Waals surface area contributed by atoms with Gasteiger partial charge in [-0.25, -0.2) is 0 Å². The predicted octanol–water partition coefficient (Wildman–Crippen LogP) is 2.38. The van der Waals surface area contributed by atoms with Crippen LogP contribution in [0.15, 0.2) is 12.1 Å². The number of rotatable bonds is 7. The van der Waals surface area contributed by atoms with Crippen LogP contribution in [0.1, 0.15) is 31.7 Å². The van der Waals surface area contributed by atoms with Gasteiger partial charge in [0.15, 0.2) is 0 Å². The molecule has 1 heterocycles. The number of anilines is 3. The number of fused-ring (bicyclic) bond motifs is 1. The molecule has 1 aliphatic rings. The summed E-state index contributed by atoms with van der Waals surface area (Å²) in [6, 6.07) is 3.85. The van der Waals surface area contributed by atoms with Crippen molar-refractivity contribution in [2.24, 2.45) is 0 Å². The van der Waals surface area contributed by atoms with Crippen LogP contribution in [0.3, 0.4) is 0 Å². The Bertz CT molecular complexity index is 474. The molecular formula is C15H23N3O2. The highest BCUT2D eigenvalue weighted by molar-refractivity contribution is 5.95. The normalized spacial score (nSPS) is 13.8. The molecule has 0 radical (unpaired) electrons. The maximum absolute atomic E-state index is 11.3. The second-order valence-electron chi connectivity index (χ2n) is 5.04. The van der Waals surface area contributed by atoms with E-state index in [-0.39, 0.29) is 5.91 Å². The van der Waals surface area contributed by atoms with Gasteiger partial charge in [-0.1, -0.05) is 13.3 Å². The first-order chi connectivity index (χ1) is 9.70. The number of benzene rings is 1. The Morgan fingerprint density at radius 1 is 1.35 bits per heavy atom. The summed E-state index contributed by atoms with van der Waals surface area (Å²) in [6.07, 6.45) is 3.55. The van der Waals surface area contributed by atoms with Gasteiger partial charge in [0.1, 0.15) is 0 Å². The first-order valence-electron chi connectivity index (χ1n) is 7.24. The molecule has 0 aliphatic carbocycles. The number of amides is 1. The van der Waals surface area contributed by atoms with Crippen molar-refractivity contribution in [2.45, 2.75) is 32.6 Å². The van der Waals surface area contributed by atoms with Crippen LogP contribution in [0.25, 0.3) is 0 Å². The lowest BCUT2D eigenvalue weighted by Gasteiger charge is -2.19. The van der Waals surface area contributed by atoms with Gasteiger partial charge >= 0.3 is 0 Å². The van der Waals surface area contributed by atoms with Crippen molar-refractivity contribution in [3.8, 4) is 0 Å². The summed E-state index contributed by atoms with van der Waals surface area (Å²) in [5.74, 6) is 0.0573. The van der Waals surface area contributed by atoms with Crippen molar-refractivity contribution >= 4 is 23.0 Å². The minimum absolute atomic E-state index is 0.0573. The fourth-order valence-electron chi connectivity index (χ4n) is 2.20. The highest BCUT2D eigenvalue weighted by Gasteiger charge is 2.16. The minimum Gasteiger partial charge on any atom is -0.397 e. The quantitative estimate of drug-likeness (QED) is 0.528. The summed E-state index contributed by atoms with van der Waals surface area (Å²) in [7, 11) is 0. The molecule has 1 amide bonds. The zero-order valence-electron chi connectivity index (χ0n) is 12.0. The van der Waals surface area contributed by atoms with Crippen molar-refractivity contribution in [3.05, 3.63) is 17.7 Å². The van der Waals surface area contributed by atoms with Crippen LogP contribution in [0.5, 0.6) is 0 Å². The summed E-state index contributed by atoms with van der Waals surface area (Å²) in [5, 5.41) is 6.14. The Hall–Kier alpha value is -1.75. The number of aryl methyl sites for hydroxylation is 1. The van der Waals surface area contributed by atoms with Crippen LogP contribution < -0.4 is 16.4 Å². The van der Waals surface area contributed by atoms with E-state index >= 15 is 0 Å². The van der Waals surface area contributed by atoms with Crippen LogP contribution in [0, 0.1) is 0 Å². The number of nitrogens with one attached hydrogen (secondary N) is 2. The molecule has 5 nitrogen and oxygen atoms in total. The topological polar surface area (TPSA) is 76.4 Å². The molecule has 0 saturated carbocycles. The second-order valence-corrected chi connectivity index (χ2v) is 5.04. The second kappa shape index (κ2) is 7.14. The number of carbonyl (C=O) groups is 1. The summed E-state index contributed by atoms with van der Waals surface area (Å²) < 4.78 is 5.50. The summed E-state index contributed by atoms with van der Waals surface area (Å²) in [4.78, 5) is 11.3. The zero-order valence-corrected chi connectivity index (χ0v) is 12.0. The molecule has 1 aromatic carbocycles. The predicted molar refractivity (Wildman–Crippen MR) is 82.0 cm³/mol. The largest absolute Gasteiger partial charge is 0.397 e. The summed E-state index contributed by atoms with van der Waals surface area (Å²) >= 11 is 0. The fourth-order valence-corrected chi connectivity index (χ4v) is 2.20. The molecule has 0 bridgehead atoms. The Morgan fingerprint density at radius 2 is 2.20 bits per heavy atom. The third-order valence-electron chi connectivity index (χ3n) is 3.37. The van der Waals surface area contributed by atoms with Gasteiger partial charge < -0.3 is 21.1 Å². The van der Waals surface area contributed by atoms with E-state index in [0.29, 0.717) is 18.7 Å². The van der Waals surface area contributed by atoms with Crippen molar-refractivity contribution in [1.29, 1.82) is 0 Å². The molecule has 110 valence electrons. The van der Waals surface area contributed by atoms with Gasteiger partial charge in [0, 0.05) is 25.3 Å². The number of nitrogens with two attached hydrogens (primary N) is 1. The fraction of sp³-hybridized carbons (Fsp3) is 0.533. The van der Waals surface area contributed by atoms with E-state index in [2.05, 4.69) is 17.6 Å². The smallest absolute Gasteiger partial charge is 0.224 e. The number of ether oxygens (including phenoxy) is 1. The average molecular weight is 277 g/mol. The first kappa shape index (κ1) is 14.7. The SMILES string of the molecule is CCCCOCCNc1cc2c(cc1N)NC(=O)CC2. The van der Waals surface area contributed by atoms with Gasteiger partial charge in [0.2, 0.25) is 5.91 Å². The van der Waals surface area contributed by atoms with Crippen molar-refractivity contribution in [3.63, 3.8) is 0 Å². The van der Waals surface area contributed by atoms with Crippen molar-refractivity contribution in [1.82, 2.24) is 0 Å². The molecule has 0 saturated heterocycles. The Balaban J connectivity index is 1.87. The number of hydrogen-bond donors (Lipinski definition) is 3. The van der Waals surface area contributed by atoms with E-state index in [9.17, 15) is 4.79 Å². The van der Waals surface area contributed by atoms with E-state index in [1.807, 2.05) is 12.1 Å². The lowest BCUT2D eigenvalue weighted by atomic mass is 10.0. The molecule has 0 spiro atoms. The van der Waals surface area contributed by atoms with Crippen LogP contribution in [0.2, 0.25) is 0 Å². The Kier molecular flexibility index (Phi) is 5.24. The number of hydrogen-bond acceptors (Lipinski definition) is 4. The van der Waals surface area contributed by atoms with Crippen LogP contribution >= 0.6 is 0 Å². The summed E-state index contributed by atoms with van der Waals surface area (Å²) in [5.41, 5.74) is 9.54. The monoisotopic (exact) mass is 277 g/mol. The third-order valence-corrected chi connectivity index (χ3v) is 3.37. The lowest BCUT2D eigenvalue weighted by Crippen LogP contribution is -2.20.